The first-order chi connectivity index (χ1) is 18.6. The summed E-state index contributed by atoms with van der Waals surface area (Å²) in [7, 11) is 0. The van der Waals surface area contributed by atoms with Crippen LogP contribution in [-0.2, 0) is 15.6 Å². The minimum atomic E-state index is -0.418. The first-order valence-corrected chi connectivity index (χ1v) is 14.4. The second-order valence-corrected chi connectivity index (χ2v) is 13.0. The first-order valence-electron chi connectivity index (χ1n) is 14.4. The lowest BCUT2D eigenvalue weighted by Crippen LogP contribution is -2.20. The van der Waals surface area contributed by atoms with Gasteiger partial charge in [0.1, 0.15) is 11.5 Å². The molecule has 3 aromatic rings. The average Bonchev–Trinajstić information content (AvgIpc) is 2.87. The van der Waals surface area contributed by atoms with Crippen LogP contribution in [0.15, 0.2) is 42.5 Å². The molecule has 0 amide bonds. The van der Waals surface area contributed by atoms with Gasteiger partial charge in [0.15, 0.2) is 0 Å². The van der Waals surface area contributed by atoms with Crippen molar-refractivity contribution in [2.45, 2.75) is 106 Å². The van der Waals surface area contributed by atoms with Crippen molar-refractivity contribution < 1.29 is 19.1 Å². The Morgan fingerprint density at radius 3 is 1.57 bits per heavy atom. The van der Waals surface area contributed by atoms with E-state index in [1.165, 1.54) is 0 Å². The summed E-state index contributed by atoms with van der Waals surface area (Å²) in [5.41, 5.74) is 7.53. The first kappa shape index (κ1) is 31.1. The summed E-state index contributed by atoms with van der Waals surface area (Å²) >= 11 is 0. The van der Waals surface area contributed by atoms with E-state index in [0.717, 1.165) is 57.3 Å². The van der Waals surface area contributed by atoms with E-state index in [9.17, 15) is 9.59 Å². The van der Waals surface area contributed by atoms with Crippen LogP contribution < -0.4 is 9.47 Å². The molecular formula is C36H46O4. The van der Waals surface area contributed by atoms with Gasteiger partial charge in [-0.05, 0) is 79.3 Å². The number of hydrogen-bond acceptors (Lipinski definition) is 4. The summed E-state index contributed by atoms with van der Waals surface area (Å²) in [6.45, 7) is 23.1. The molecule has 0 radical (unpaired) electrons. The number of esters is 2. The van der Waals surface area contributed by atoms with Crippen LogP contribution in [0.1, 0.15) is 111 Å². The molecule has 0 spiro atoms. The SMILES string of the molecule is CCCCC(=O)Oc1c(C(C)(C)C)cc(C)c(C)c1-c1c(C)c(C)cc(C(C)(C)C)c1OC(=O)c1ccccc1. The van der Waals surface area contributed by atoms with Gasteiger partial charge in [-0.1, -0.05) is 85.2 Å². The number of aryl methyl sites for hydroxylation is 2. The Morgan fingerprint density at radius 1 is 0.700 bits per heavy atom. The Hall–Kier alpha value is -3.40. The predicted molar refractivity (Wildman–Crippen MR) is 165 cm³/mol. The number of ether oxygens (including phenoxy) is 2. The van der Waals surface area contributed by atoms with E-state index in [-0.39, 0.29) is 16.8 Å². The second-order valence-electron chi connectivity index (χ2n) is 13.0. The smallest absolute Gasteiger partial charge is 0.343 e. The molecule has 3 aromatic carbocycles. The van der Waals surface area contributed by atoms with Gasteiger partial charge in [-0.2, -0.15) is 0 Å². The predicted octanol–water partition coefficient (Wildman–Crippen LogP) is 9.50. The zero-order chi connectivity index (χ0) is 30.0. The highest BCUT2D eigenvalue weighted by Crippen LogP contribution is 2.50. The molecule has 40 heavy (non-hydrogen) atoms. The summed E-state index contributed by atoms with van der Waals surface area (Å²) in [5, 5.41) is 0. The molecule has 3 rings (SSSR count). The van der Waals surface area contributed by atoms with Crippen LogP contribution in [0.2, 0.25) is 0 Å². The highest BCUT2D eigenvalue weighted by molar-refractivity contribution is 5.94. The average molecular weight is 543 g/mol. The molecule has 0 saturated heterocycles. The summed E-state index contributed by atoms with van der Waals surface area (Å²) in [4.78, 5) is 26.7. The molecule has 0 heterocycles. The number of benzene rings is 3. The zero-order valence-electron chi connectivity index (χ0n) is 26.3. The molecule has 4 heteroatoms. The quantitative estimate of drug-likeness (QED) is 0.220. The molecule has 0 N–H and O–H groups in total. The van der Waals surface area contributed by atoms with E-state index in [1.807, 2.05) is 18.2 Å². The van der Waals surface area contributed by atoms with Crippen molar-refractivity contribution in [2.75, 3.05) is 0 Å². The molecule has 0 atom stereocenters. The third kappa shape index (κ3) is 6.66. The van der Waals surface area contributed by atoms with Gasteiger partial charge in [-0.25, -0.2) is 4.79 Å². The lowest BCUT2D eigenvalue weighted by molar-refractivity contribution is -0.134. The number of carbonyl (C=O) groups excluding carboxylic acids is 2. The lowest BCUT2D eigenvalue weighted by Gasteiger charge is -2.31. The van der Waals surface area contributed by atoms with Crippen LogP contribution in [0.25, 0.3) is 11.1 Å². The maximum absolute atomic E-state index is 13.5. The molecule has 0 aliphatic rings. The Morgan fingerprint density at radius 2 is 1.15 bits per heavy atom. The van der Waals surface area contributed by atoms with Gasteiger partial charge in [0.25, 0.3) is 0 Å². The van der Waals surface area contributed by atoms with Gasteiger partial charge in [-0.3, -0.25) is 4.79 Å². The molecule has 0 saturated carbocycles. The normalized spacial score (nSPS) is 11.9. The van der Waals surface area contributed by atoms with Gasteiger partial charge in [0.05, 0.1) is 5.56 Å². The lowest BCUT2D eigenvalue weighted by atomic mass is 9.77. The molecular weight excluding hydrogens is 496 g/mol. The van der Waals surface area contributed by atoms with E-state index < -0.39 is 5.97 Å². The number of unbranched alkanes of at least 4 members (excludes halogenated alkanes) is 1. The van der Waals surface area contributed by atoms with E-state index in [1.54, 1.807) is 12.1 Å². The van der Waals surface area contributed by atoms with Crippen LogP contribution in [0.5, 0.6) is 11.5 Å². The number of carbonyl (C=O) groups is 2. The van der Waals surface area contributed by atoms with Crippen molar-refractivity contribution in [1.82, 2.24) is 0 Å². The fourth-order valence-corrected chi connectivity index (χ4v) is 4.93. The van der Waals surface area contributed by atoms with Crippen molar-refractivity contribution in [3.8, 4) is 22.6 Å². The third-order valence-corrected chi connectivity index (χ3v) is 7.62. The molecule has 0 aliphatic carbocycles. The minimum Gasteiger partial charge on any atom is -0.426 e. The summed E-state index contributed by atoms with van der Waals surface area (Å²) in [6.07, 6.45) is 2.02. The van der Waals surface area contributed by atoms with Crippen LogP contribution in [0, 0.1) is 27.7 Å². The van der Waals surface area contributed by atoms with Crippen LogP contribution in [0.3, 0.4) is 0 Å². The van der Waals surface area contributed by atoms with E-state index in [2.05, 4.69) is 88.3 Å². The van der Waals surface area contributed by atoms with Crippen molar-refractivity contribution in [3.05, 3.63) is 81.4 Å². The van der Waals surface area contributed by atoms with Gasteiger partial charge >= 0.3 is 11.9 Å². The Kier molecular flexibility index (Phi) is 9.34. The van der Waals surface area contributed by atoms with Crippen molar-refractivity contribution in [2.24, 2.45) is 0 Å². The fourth-order valence-electron chi connectivity index (χ4n) is 4.93. The molecule has 0 aromatic heterocycles. The highest BCUT2D eigenvalue weighted by Gasteiger charge is 2.32. The summed E-state index contributed by atoms with van der Waals surface area (Å²) in [6, 6.07) is 13.3. The van der Waals surface area contributed by atoms with Crippen molar-refractivity contribution in [3.63, 3.8) is 0 Å². The summed E-state index contributed by atoms with van der Waals surface area (Å²) < 4.78 is 12.6. The van der Waals surface area contributed by atoms with Crippen LogP contribution >= 0.6 is 0 Å². The number of hydrogen-bond donors (Lipinski definition) is 0. The van der Waals surface area contributed by atoms with Crippen LogP contribution in [-0.4, -0.2) is 11.9 Å². The van der Waals surface area contributed by atoms with Gasteiger partial charge in [0, 0.05) is 28.7 Å². The molecule has 0 unspecified atom stereocenters. The number of rotatable bonds is 7. The molecule has 4 nitrogen and oxygen atoms in total. The van der Waals surface area contributed by atoms with Gasteiger partial charge < -0.3 is 9.47 Å². The largest absolute Gasteiger partial charge is 0.426 e. The maximum Gasteiger partial charge on any atom is 0.343 e. The molecule has 214 valence electrons. The van der Waals surface area contributed by atoms with E-state index in [0.29, 0.717) is 23.5 Å². The summed E-state index contributed by atoms with van der Waals surface area (Å²) in [5.74, 6) is 0.408. The Bertz CT molecular complexity index is 1400. The minimum absolute atomic E-state index is 0.249. The highest BCUT2D eigenvalue weighted by atomic mass is 16.5. The van der Waals surface area contributed by atoms with E-state index in [4.69, 9.17) is 9.47 Å². The topological polar surface area (TPSA) is 52.6 Å². The maximum atomic E-state index is 13.5. The van der Waals surface area contributed by atoms with Crippen molar-refractivity contribution >= 4 is 11.9 Å². The molecule has 0 aliphatic heterocycles. The second kappa shape index (κ2) is 12.0. The standard InChI is InChI=1S/C36H46O4/c1-12-13-19-29(37)39-32-27(35(6,7)8)20-22(2)24(4)30(32)31-25(5)23(3)21-28(36(9,10)11)33(31)40-34(38)26-17-15-14-16-18-26/h14-18,20-21H,12-13,19H2,1-11H3. The van der Waals surface area contributed by atoms with Crippen LogP contribution in [0.4, 0.5) is 0 Å². The third-order valence-electron chi connectivity index (χ3n) is 7.62. The van der Waals surface area contributed by atoms with Gasteiger partial charge in [0.2, 0.25) is 0 Å². The molecule has 0 fully saturated rings. The fraction of sp³-hybridized carbons (Fsp3) is 0.444. The van der Waals surface area contributed by atoms with E-state index >= 15 is 0 Å². The Labute approximate surface area is 241 Å². The van der Waals surface area contributed by atoms with Gasteiger partial charge in [-0.15, -0.1) is 0 Å². The monoisotopic (exact) mass is 542 g/mol. The molecule has 0 bridgehead atoms. The van der Waals surface area contributed by atoms with Crippen molar-refractivity contribution in [1.29, 1.82) is 0 Å². The zero-order valence-corrected chi connectivity index (χ0v) is 26.3. The Balaban J connectivity index is 2.47.